The number of aromatic nitrogens is 4. The number of carbonyl (C=O) groups excluding carboxylic acids is 4. The maximum Gasteiger partial charge on any atom is 0.272 e. The lowest BCUT2D eigenvalue weighted by molar-refractivity contribution is -0.134. The van der Waals surface area contributed by atoms with Gasteiger partial charge in [-0.15, -0.1) is 20.4 Å². The number of rotatable bonds is 10. The van der Waals surface area contributed by atoms with Crippen molar-refractivity contribution in [3.8, 4) is 11.8 Å². The van der Waals surface area contributed by atoms with Gasteiger partial charge < -0.3 is 25.2 Å². The molecule has 288 valence electrons. The molecular formula is C38H44ClN11O5. The van der Waals surface area contributed by atoms with Crippen molar-refractivity contribution in [3.63, 3.8) is 0 Å². The highest BCUT2D eigenvalue weighted by Gasteiger charge is 2.30. The number of piperazine rings is 1. The predicted octanol–water partition coefficient (Wildman–Crippen LogP) is 2.49. The number of halogens is 1. The summed E-state index contributed by atoms with van der Waals surface area (Å²) in [5.74, 6) is 1.14. The van der Waals surface area contributed by atoms with Crippen LogP contribution in [0.25, 0.3) is 0 Å². The Balaban J connectivity index is 0.789. The number of piperidine rings is 2. The standard InChI is InChI=1S/C38H44ClN11O5/c39-29-21-28(4-1-25(29)22-40)55-27-5-2-26(3-6-27)41-37(53)31-7-10-33(46-44-31)49-15-13-24(14-16-49)23-48-17-19-50(20-18-48)34-11-8-32(45-47-34)38(54)42-30-9-12-35(51)43-36(30)52/h1,4,7-8,10-11,21,24,26-27,30H,2-3,5-6,9,12-20,23H2,(H,41,53)(H,42,54)(H,43,51,52). The third-order valence-corrected chi connectivity index (χ3v) is 11.1. The van der Waals surface area contributed by atoms with E-state index in [1.165, 1.54) is 0 Å². The van der Waals surface area contributed by atoms with E-state index in [2.05, 4.69) is 57.1 Å². The predicted molar refractivity (Wildman–Crippen MR) is 202 cm³/mol. The molecule has 7 rings (SSSR count). The zero-order chi connectivity index (χ0) is 38.3. The average molecular weight is 770 g/mol. The van der Waals surface area contributed by atoms with Crippen LogP contribution < -0.4 is 30.5 Å². The lowest BCUT2D eigenvalue weighted by Gasteiger charge is -2.39. The Morgan fingerprint density at radius 1 is 0.800 bits per heavy atom. The molecule has 0 bridgehead atoms. The van der Waals surface area contributed by atoms with Crippen LogP contribution in [-0.2, 0) is 9.59 Å². The van der Waals surface area contributed by atoms with Gasteiger partial charge in [-0.25, -0.2) is 0 Å². The lowest BCUT2D eigenvalue weighted by Crippen LogP contribution is -2.52. The van der Waals surface area contributed by atoms with E-state index in [0.29, 0.717) is 33.8 Å². The zero-order valence-corrected chi connectivity index (χ0v) is 31.2. The van der Waals surface area contributed by atoms with Crippen molar-refractivity contribution in [1.82, 2.24) is 41.2 Å². The molecule has 0 spiro atoms. The third kappa shape index (κ3) is 9.65. The van der Waals surface area contributed by atoms with Crippen LogP contribution in [0, 0.1) is 17.2 Å². The second-order valence-corrected chi connectivity index (χ2v) is 15.0. The molecule has 4 amide bonds. The smallest absolute Gasteiger partial charge is 0.272 e. The van der Waals surface area contributed by atoms with E-state index < -0.39 is 17.9 Å². The van der Waals surface area contributed by atoms with E-state index in [9.17, 15) is 19.2 Å². The van der Waals surface area contributed by atoms with Crippen molar-refractivity contribution in [1.29, 1.82) is 5.26 Å². The molecule has 4 fully saturated rings. The molecule has 16 nitrogen and oxygen atoms in total. The Labute approximate surface area is 323 Å². The van der Waals surface area contributed by atoms with Gasteiger partial charge in [-0.1, -0.05) is 11.6 Å². The van der Waals surface area contributed by atoms with Gasteiger partial charge in [0.15, 0.2) is 23.0 Å². The normalized spacial score (nSPS) is 22.4. The molecule has 3 aliphatic heterocycles. The molecule has 5 heterocycles. The second-order valence-electron chi connectivity index (χ2n) is 14.6. The number of hydrogen-bond acceptors (Lipinski definition) is 13. The van der Waals surface area contributed by atoms with Gasteiger partial charge in [0.25, 0.3) is 11.8 Å². The minimum atomic E-state index is -0.762. The van der Waals surface area contributed by atoms with Crippen molar-refractivity contribution in [3.05, 3.63) is 64.4 Å². The number of benzene rings is 1. The van der Waals surface area contributed by atoms with E-state index in [1.54, 1.807) is 36.4 Å². The molecule has 0 radical (unpaired) electrons. The van der Waals surface area contributed by atoms with Crippen LogP contribution in [0.1, 0.15) is 77.9 Å². The summed E-state index contributed by atoms with van der Waals surface area (Å²) in [4.78, 5) is 55.8. The molecule has 1 atom stereocenters. The molecule has 4 aliphatic rings. The van der Waals surface area contributed by atoms with Crippen LogP contribution >= 0.6 is 11.6 Å². The molecule has 1 saturated carbocycles. The Morgan fingerprint density at radius 2 is 1.44 bits per heavy atom. The molecule has 55 heavy (non-hydrogen) atoms. The number of amides is 4. The van der Waals surface area contributed by atoms with Crippen molar-refractivity contribution in [2.75, 3.05) is 55.6 Å². The fourth-order valence-corrected chi connectivity index (χ4v) is 7.81. The Kier molecular flexibility index (Phi) is 12.0. The first-order valence-corrected chi connectivity index (χ1v) is 19.3. The Bertz CT molecular complexity index is 1900. The van der Waals surface area contributed by atoms with Gasteiger partial charge in [-0.3, -0.25) is 29.4 Å². The van der Waals surface area contributed by atoms with E-state index in [0.717, 1.165) is 90.2 Å². The average Bonchev–Trinajstić information content (AvgIpc) is 3.20. The number of imide groups is 1. The number of nitriles is 1. The van der Waals surface area contributed by atoms with E-state index in [4.69, 9.17) is 21.6 Å². The van der Waals surface area contributed by atoms with Crippen LogP contribution in [0.15, 0.2) is 42.5 Å². The van der Waals surface area contributed by atoms with Gasteiger partial charge in [-0.05, 0) is 87.3 Å². The summed E-state index contributed by atoms with van der Waals surface area (Å²) < 4.78 is 6.07. The van der Waals surface area contributed by atoms with Gasteiger partial charge in [0.05, 0.1) is 16.7 Å². The van der Waals surface area contributed by atoms with Crippen LogP contribution in [0.3, 0.4) is 0 Å². The van der Waals surface area contributed by atoms with Crippen LogP contribution in [0.5, 0.6) is 5.75 Å². The molecule has 1 aliphatic carbocycles. The van der Waals surface area contributed by atoms with Crippen LogP contribution in [0.2, 0.25) is 5.02 Å². The Hall–Kier alpha value is -5.40. The molecule has 1 aromatic carbocycles. The lowest BCUT2D eigenvalue weighted by atomic mass is 9.93. The summed E-state index contributed by atoms with van der Waals surface area (Å²) in [5, 5.41) is 34.5. The van der Waals surface area contributed by atoms with Crippen molar-refractivity contribution >= 4 is 46.9 Å². The largest absolute Gasteiger partial charge is 0.490 e. The zero-order valence-electron chi connectivity index (χ0n) is 30.5. The van der Waals surface area contributed by atoms with Crippen LogP contribution in [0.4, 0.5) is 11.6 Å². The number of hydrogen-bond donors (Lipinski definition) is 3. The molecule has 3 N–H and O–H groups in total. The summed E-state index contributed by atoms with van der Waals surface area (Å²) in [6, 6.07) is 13.4. The molecule has 3 saturated heterocycles. The highest BCUT2D eigenvalue weighted by atomic mass is 35.5. The fraction of sp³-hybridized carbons (Fsp3) is 0.500. The molecule has 1 unspecified atom stereocenters. The first-order chi connectivity index (χ1) is 26.7. The number of ether oxygens (including phenoxy) is 1. The molecule has 3 aromatic rings. The van der Waals surface area contributed by atoms with E-state index >= 15 is 0 Å². The quantitative estimate of drug-likeness (QED) is 0.255. The maximum atomic E-state index is 13.0. The van der Waals surface area contributed by atoms with Crippen molar-refractivity contribution in [2.45, 2.75) is 69.6 Å². The first kappa shape index (κ1) is 37.9. The van der Waals surface area contributed by atoms with Gasteiger partial charge in [-0.2, -0.15) is 5.26 Å². The Morgan fingerprint density at radius 3 is 2.02 bits per heavy atom. The monoisotopic (exact) mass is 769 g/mol. The van der Waals surface area contributed by atoms with Crippen molar-refractivity contribution in [2.24, 2.45) is 5.92 Å². The summed E-state index contributed by atoms with van der Waals surface area (Å²) in [6.07, 6.45) is 5.72. The SMILES string of the molecule is N#Cc1ccc(OC2CCC(NC(=O)c3ccc(N4CCC(CN5CCN(c6ccc(C(=O)NC7CCC(=O)NC7=O)nn6)CC5)CC4)nn3)CC2)cc1Cl. The summed E-state index contributed by atoms with van der Waals surface area (Å²) in [5.41, 5.74) is 0.845. The third-order valence-electron chi connectivity index (χ3n) is 10.8. The highest BCUT2D eigenvalue weighted by Crippen LogP contribution is 2.28. The maximum absolute atomic E-state index is 13.0. The minimum Gasteiger partial charge on any atom is -0.490 e. The number of nitrogens with zero attached hydrogens (tertiary/aromatic N) is 8. The summed E-state index contributed by atoms with van der Waals surface area (Å²) in [7, 11) is 0. The minimum absolute atomic E-state index is 0.0242. The number of carbonyl (C=O) groups is 4. The van der Waals surface area contributed by atoms with Gasteiger partial charge in [0.1, 0.15) is 17.9 Å². The number of nitrogens with one attached hydrogen (secondary N) is 3. The van der Waals surface area contributed by atoms with Crippen molar-refractivity contribution < 1.29 is 23.9 Å². The van der Waals surface area contributed by atoms with Crippen LogP contribution in [-0.4, -0.2) is 113 Å². The van der Waals surface area contributed by atoms with Gasteiger partial charge in [0, 0.05) is 64.3 Å². The topological polar surface area (TPSA) is 199 Å². The van der Waals surface area contributed by atoms with E-state index in [-0.39, 0.29) is 42.5 Å². The fourth-order valence-electron chi connectivity index (χ4n) is 7.60. The molecule has 17 heteroatoms. The summed E-state index contributed by atoms with van der Waals surface area (Å²) in [6.45, 7) is 6.19. The molecule has 2 aromatic heterocycles. The van der Waals surface area contributed by atoms with Gasteiger partial charge in [0.2, 0.25) is 11.8 Å². The van der Waals surface area contributed by atoms with E-state index in [1.807, 2.05) is 6.07 Å². The summed E-state index contributed by atoms with van der Waals surface area (Å²) >= 11 is 6.14. The number of anilines is 2. The highest BCUT2D eigenvalue weighted by molar-refractivity contribution is 6.31. The first-order valence-electron chi connectivity index (χ1n) is 18.9. The second kappa shape index (κ2) is 17.4. The molecular weight excluding hydrogens is 726 g/mol. The van der Waals surface area contributed by atoms with Gasteiger partial charge >= 0.3 is 0 Å².